The monoisotopic (exact) mass is 235 g/mol. The van der Waals surface area contributed by atoms with Crippen molar-refractivity contribution in [3.8, 4) is 0 Å². The Morgan fingerprint density at radius 3 is 2.24 bits per heavy atom. The van der Waals surface area contributed by atoms with Gasteiger partial charge in [-0.1, -0.05) is 46.5 Å². The quantitative estimate of drug-likeness (QED) is 0.755. The predicted molar refractivity (Wildman–Crippen MR) is 72.1 cm³/mol. The summed E-state index contributed by atoms with van der Waals surface area (Å²) in [6.07, 6.45) is 7.82. The lowest BCUT2D eigenvalue weighted by atomic mass is 9.92. The van der Waals surface area contributed by atoms with Gasteiger partial charge in [0.15, 0.2) is 0 Å². The SMILES string of the molecule is CC(C)(C)c1cc(N)n(C2CCCCCC2)n1. The fourth-order valence-corrected chi connectivity index (χ4v) is 2.57. The number of aromatic nitrogens is 2. The van der Waals surface area contributed by atoms with Crippen LogP contribution in [0.25, 0.3) is 0 Å². The van der Waals surface area contributed by atoms with Crippen LogP contribution in [0.2, 0.25) is 0 Å². The normalized spacial score (nSPS) is 19.2. The van der Waals surface area contributed by atoms with Gasteiger partial charge in [-0.15, -0.1) is 0 Å². The van der Waals surface area contributed by atoms with Crippen molar-refractivity contribution in [3.05, 3.63) is 11.8 Å². The maximum atomic E-state index is 6.12. The van der Waals surface area contributed by atoms with Crippen LogP contribution in [-0.4, -0.2) is 9.78 Å². The summed E-state index contributed by atoms with van der Waals surface area (Å²) in [5, 5.41) is 4.74. The van der Waals surface area contributed by atoms with E-state index in [4.69, 9.17) is 10.8 Å². The third-order valence-electron chi connectivity index (χ3n) is 3.70. The summed E-state index contributed by atoms with van der Waals surface area (Å²) in [7, 11) is 0. The van der Waals surface area contributed by atoms with Gasteiger partial charge in [-0.25, -0.2) is 4.68 Å². The molecule has 0 saturated heterocycles. The first-order valence-corrected chi connectivity index (χ1v) is 6.84. The van der Waals surface area contributed by atoms with Gasteiger partial charge in [-0.3, -0.25) is 0 Å². The minimum atomic E-state index is 0.0874. The van der Waals surface area contributed by atoms with Crippen molar-refractivity contribution in [1.29, 1.82) is 0 Å². The average molecular weight is 235 g/mol. The molecule has 1 saturated carbocycles. The molecule has 1 heterocycles. The smallest absolute Gasteiger partial charge is 0.122 e. The summed E-state index contributed by atoms with van der Waals surface area (Å²) in [6.45, 7) is 6.56. The highest BCUT2D eigenvalue weighted by Crippen LogP contribution is 2.31. The molecule has 0 radical (unpaired) electrons. The molecule has 3 nitrogen and oxygen atoms in total. The molecule has 0 aliphatic heterocycles. The third-order valence-corrected chi connectivity index (χ3v) is 3.70. The van der Waals surface area contributed by atoms with E-state index in [2.05, 4.69) is 25.5 Å². The van der Waals surface area contributed by atoms with Crippen LogP contribution < -0.4 is 5.73 Å². The van der Waals surface area contributed by atoms with Gasteiger partial charge in [0.2, 0.25) is 0 Å². The van der Waals surface area contributed by atoms with Gasteiger partial charge >= 0.3 is 0 Å². The molecule has 1 aromatic rings. The van der Waals surface area contributed by atoms with E-state index < -0.39 is 0 Å². The Kier molecular flexibility index (Phi) is 3.45. The zero-order valence-electron chi connectivity index (χ0n) is 11.4. The van der Waals surface area contributed by atoms with Crippen molar-refractivity contribution < 1.29 is 0 Å². The molecule has 0 aromatic carbocycles. The van der Waals surface area contributed by atoms with Crippen LogP contribution in [0.1, 0.15) is 71.0 Å². The third kappa shape index (κ3) is 2.82. The minimum absolute atomic E-state index is 0.0874. The van der Waals surface area contributed by atoms with Gasteiger partial charge in [-0.2, -0.15) is 5.10 Å². The second-order valence-electron chi connectivity index (χ2n) is 6.29. The maximum Gasteiger partial charge on any atom is 0.122 e. The van der Waals surface area contributed by atoms with Crippen LogP contribution in [0.4, 0.5) is 5.82 Å². The van der Waals surface area contributed by atoms with E-state index in [0.29, 0.717) is 6.04 Å². The van der Waals surface area contributed by atoms with E-state index in [-0.39, 0.29) is 5.41 Å². The molecule has 17 heavy (non-hydrogen) atoms. The highest BCUT2D eigenvalue weighted by atomic mass is 15.3. The first-order chi connectivity index (χ1) is 7.98. The predicted octanol–water partition coefficient (Wildman–Crippen LogP) is 3.66. The van der Waals surface area contributed by atoms with Gasteiger partial charge in [0.25, 0.3) is 0 Å². The number of nitrogens with zero attached hydrogens (tertiary/aromatic N) is 2. The van der Waals surface area contributed by atoms with Crippen molar-refractivity contribution in [2.45, 2.75) is 70.8 Å². The van der Waals surface area contributed by atoms with Crippen LogP contribution in [0.5, 0.6) is 0 Å². The number of rotatable bonds is 1. The lowest BCUT2D eigenvalue weighted by Crippen LogP contribution is -2.16. The second-order valence-corrected chi connectivity index (χ2v) is 6.29. The van der Waals surface area contributed by atoms with E-state index in [1.165, 1.54) is 38.5 Å². The van der Waals surface area contributed by atoms with Gasteiger partial charge in [-0.05, 0) is 12.8 Å². The molecule has 1 fully saturated rings. The molecule has 96 valence electrons. The molecule has 0 bridgehead atoms. The van der Waals surface area contributed by atoms with Crippen molar-refractivity contribution in [2.24, 2.45) is 0 Å². The van der Waals surface area contributed by atoms with Crippen LogP contribution in [-0.2, 0) is 5.41 Å². The highest BCUT2D eigenvalue weighted by molar-refractivity contribution is 5.34. The number of anilines is 1. The molecular formula is C14H25N3. The van der Waals surface area contributed by atoms with Crippen LogP contribution in [0.15, 0.2) is 6.07 Å². The van der Waals surface area contributed by atoms with Crippen molar-refractivity contribution in [3.63, 3.8) is 0 Å². The Labute approximate surface area is 104 Å². The Morgan fingerprint density at radius 2 is 1.76 bits per heavy atom. The topological polar surface area (TPSA) is 43.8 Å². The molecule has 1 aliphatic rings. The Morgan fingerprint density at radius 1 is 1.18 bits per heavy atom. The lowest BCUT2D eigenvalue weighted by Gasteiger charge is -2.17. The van der Waals surface area contributed by atoms with Gasteiger partial charge in [0.05, 0.1) is 11.7 Å². The summed E-state index contributed by atoms with van der Waals surface area (Å²) < 4.78 is 2.08. The standard InChI is InChI=1S/C14H25N3/c1-14(2,3)12-10-13(15)17(16-12)11-8-6-4-5-7-9-11/h10-11H,4-9,15H2,1-3H3. The average Bonchev–Trinajstić information content (AvgIpc) is 2.50. The number of nitrogens with two attached hydrogens (primary N) is 1. The number of nitrogen functional groups attached to an aromatic ring is 1. The summed E-state index contributed by atoms with van der Waals surface area (Å²) in [5.41, 5.74) is 7.32. The first kappa shape index (κ1) is 12.5. The number of hydrogen-bond acceptors (Lipinski definition) is 2. The molecule has 2 N–H and O–H groups in total. The Bertz CT molecular complexity index is 365. The summed E-state index contributed by atoms with van der Waals surface area (Å²) in [6, 6.07) is 2.57. The Balaban J connectivity index is 2.22. The van der Waals surface area contributed by atoms with Crippen LogP contribution >= 0.6 is 0 Å². The van der Waals surface area contributed by atoms with E-state index >= 15 is 0 Å². The van der Waals surface area contributed by atoms with Crippen molar-refractivity contribution >= 4 is 5.82 Å². The Hall–Kier alpha value is -0.990. The van der Waals surface area contributed by atoms with Crippen LogP contribution in [0.3, 0.4) is 0 Å². The molecule has 1 aromatic heterocycles. The summed E-state index contributed by atoms with van der Waals surface area (Å²) >= 11 is 0. The van der Waals surface area contributed by atoms with E-state index in [9.17, 15) is 0 Å². The lowest BCUT2D eigenvalue weighted by molar-refractivity contribution is 0.401. The maximum absolute atomic E-state index is 6.12. The summed E-state index contributed by atoms with van der Waals surface area (Å²) in [5.74, 6) is 0.835. The van der Waals surface area contributed by atoms with Crippen molar-refractivity contribution in [2.75, 3.05) is 5.73 Å². The highest BCUT2D eigenvalue weighted by Gasteiger charge is 2.22. The van der Waals surface area contributed by atoms with Crippen molar-refractivity contribution in [1.82, 2.24) is 9.78 Å². The fourth-order valence-electron chi connectivity index (χ4n) is 2.57. The first-order valence-electron chi connectivity index (χ1n) is 6.84. The fraction of sp³-hybridized carbons (Fsp3) is 0.786. The molecule has 0 unspecified atom stereocenters. The second kappa shape index (κ2) is 4.71. The summed E-state index contributed by atoms with van der Waals surface area (Å²) in [4.78, 5) is 0. The molecule has 0 atom stereocenters. The van der Waals surface area contributed by atoms with Crippen LogP contribution in [0, 0.1) is 0 Å². The molecule has 3 heteroatoms. The van der Waals surface area contributed by atoms with Gasteiger partial charge < -0.3 is 5.73 Å². The van der Waals surface area contributed by atoms with E-state index in [1.807, 2.05) is 6.07 Å². The minimum Gasteiger partial charge on any atom is -0.384 e. The molecular weight excluding hydrogens is 210 g/mol. The van der Waals surface area contributed by atoms with Gasteiger partial charge in [0.1, 0.15) is 5.82 Å². The van der Waals surface area contributed by atoms with E-state index in [1.54, 1.807) is 0 Å². The number of hydrogen-bond donors (Lipinski definition) is 1. The van der Waals surface area contributed by atoms with Gasteiger partial charge in [0, 0.05) is 11.5 Å². The molecule has 1 aliphatic carbocycles. The largest absolute Gasteiger partial charge is 0.384 e. The van der Waals surface area contributed by atoms with E-state index in [0.717, 1.165) is 11.5 Å². The zero-order chi connectivity index (χ0) is 12.5. The molecule has 2 rings (SSSR count). The molecule has 0 amide bonds. The zero-order valence-corrected chi connectivity index (χ0v) is 11.4. The molecule has 0 spiro atoms.